The van der Waals surface area contributed by atoms with E-state index >= 15 is 0 Å². The van der Waals surface area contributed by atoms with E-state index in [1.165, 1.54) is 0 Å². The van der Waals surface area contributed by atoms with E-state index < -0.39 is 0 Å². The number of hydrogen-bond donors (Lipinski definition) is 1. The first-order valence-corrected chi connectivity index (χ1v) is 9.18. The minimum atomic E-state index is 0.279. The Morgan fingerprint density at radius 1 is 0.926 bits per heavy atom. The van der Waals surface area contributed by atoms with Crippen molar-refractivity contribution in [1.29, 1.82) is 0 Å². The van der Waals surface area contributed by atoms with Gasteiger partial charge < -0.3 is 9.47 Å². The average Bonchev–Trinajstić information content (AvgIpc) is 3.07. The first-order valence-electron chi connectivity index (χ1n) is 8.77. The first kappa shape index (κ1) is 17.3. The van der Waals surface area contributed by atoms with Crippen LogP contribution in [0, 0.1) is 4.77 Å². The Hall–Kier alpha value is -3.12. The van der Waals surface area contributed by atoms with Crippen molar-refractivity contribution in [2.24, 2.45) is 0 Å². The fourth-order valence-electron chi connectivity index (χ4n) is 3.06. The van der Waals surface area contributed by atoms with E-state index in [1.807, 2.05) is 66.1 Å². The van der Waals surface area contributed by atoms with Crippen LogP contribution in [0.15, 0.2) is 66.7 Å². The van der Waals surface area contributed by atoms with Crippen LogP contribution in [0.2, 0.25) is 0 Å². The minimum absolute atomic E-state index is 0.279. The summed E-state index contributed by atoms with van der Waals surface area (Å²) in [5.41, 5.74) is 0.842. The third-order valence-corrected chi connectivity index (χ3v) is 4.53. The zero-order chi connectivity index (χ0) is 18.6. The number of ether oxygens (including phenoxy) is 2. The molecule has 4 aromatic rings. The highest BCUT2D eigenvalue weighted by molar-refractivity contribution is 7.71. The molecular formula is C21H19N3O2S. The molecule has 0 atom stereocenters. The molecule has 0 aliphatic rings. The number of hydrogen-bond acceptors (Lipinski definition) is 4. The molecule has 1 N–H and O–H groups in total. The van der Waals surface area contributed by atoms with Crippen LogP contribution in [0.5, 0.6) is 11.5 Å². The lowest BCUT2D eigenvalue weighted by Gasteiger charge is -2.13. The molecule has 1 aromatic heterocycles. The van der Waals surface area contributed by atoms with Crippen molar-refractivity contribution in [2.45, 2.75) is 13.5 Å². The van der Waals surface area contributed by atoms with Crippen LogP contribution in [0.25, 0.3) is 16.5 Å². The average molecular weight is 377 g/mol. The summed E-state index contributed by atoms with van der Waals surface area (Å²) in [6.45, 7) is 2.81. The van der Waals surface area contributed by atoms with Crippen LogP contribution in [0.4, 0.5) is 0 Å². The van der Waals surface area contributed by atoms with Crippen LogP contribution in [0.3, 0.4) is 0 Å². The lowest BCUT2D eigenvalue weighted by molar-refractivity contribution is 0.296. The van der Waals surface area contributed by atoms with Crippen molar-refractivity contribution in [3.63, 3.8) is 0 Å². The zero-order valence-corrected chi connectivity index (χ0v) is 15.7. The van der Waals surface area contributed by atoms with E-state index in [0.717, 1.165) is 28.0 Å². The molecule has 0 radical (unpaired) electrons. The topological polar surface area (TPSA) is 52.1 Å². The van der Waals surface area contributed by atoms with E-state index in [-0.39, 0.29) is 6.61 Å². The van der Waals surface area contributed by atoms with Crippen LogP contribution < -0.4 is 9.47 Å². The number of para-hydroxylation sites is 2. The second-order valence-electron chi connectivity index (χ2n) is 5.95. The molecule has 0 fully saturated rings. The van der Waals surface area contributed by atoms with E-state index in [1.54, 1.807) is 0 Å². The molecule has 0 saturated heterocycles. The van der Waals surface area contributed by atoms with Crippen molar-refractivity contribution in [3.8, 4) is 17.2 Å². The third-order valence-electron chi connectivity index (χ3n) is 4.25. The van der Waals surface area contributed by atoms with Gasteiger partial charge in [0, 0.05) is 5.39 Å². The molecule has 5 nitrogen and oxygen atoms in total. The Morgan fingerprint density at radius 2 is 1.67 bits per heavy atom. The Kier molecular flexibility index (Phi) is 4.89. The second kappa shape index (κ2) is 7.63. The number of benzene rings is 3. The van der Waals surface area contributed by atoms with Gasteiger partial charge in [-0.2, -0.15) is 5.10 Å². The fourth-order valence-corrected chi connectivity index (χ4v) is 3.31. The number of aromatic nitrogens is 3. The maximum Gasteiger partial charge on any atom is 0.200 e. The third kappa shape index (κ3) is 3.44. The molecule has 4 rings (SSSR count). The second-order valence-corrected chi connectivity index (χ2v) is 6.33. The van der Waals surface area contributed by atoms with Gasteiger partial charge in [-0.1, -0.05) is 48.5 Å². The maximum absolute atomic E-state index is 6.09. The zero-order valence-electron chi connectivity index (χ0n) is 14.9. The number of H-pyrrole nitrogens is 1. The molecule has 1 heterocycles. The van der Waals surface area contributed by atoms with Crippen molar-refractivity contribution in [1.82, 2.24) is 14.8 Å². The van der Waals surface area contributed by atoms with Crippen LogP contribution in [0.1, 0.15) is 12.7 Å². The molecule has 0 aliphatic carbocycles. The smallest absolute Gasteiger partial charge is 0.200 e. The summed E-state index contributed by atoms with van der Waals surface area (Å²) >= 11 is 5.44. The molecule has 0 saturated carbocycles. The Bertz CT molecular complexity index is 1130. The number of rotatable bonds is 6. The number of nitrogens with zero attached hydrogens (tertiary/aromatic N) is 2. The fraction of sp³-hybridized carbons (Fsp3) is 0.143. The molecule has 0 unspecified atom stereocenters. The summed E-state index contributed by atoms with van der Waals surface area (Å²) in [7, 11) is 0. The summed E-state index contributed by atoms with van der Waals surface area (Å²) in [6.07, 6.45) is 0. The highest BCUT2D eigenvalue weighted by Crippen LogP contribution is 2.27. The predicted octanol–water partition coefficient (Wildman–Crippen LogP) is 5.06. The SMILES string of the molecule is CCOc1ccccc1-n1c(COc2cccc3ccccc23)n[nH]c1=S. The molecule has 27 heavy (non-hydrogen) atoms. The first-order chi connectivity index (χ1) is 13.3. The van der Waals surface area contributed by atoms with Crippen molar-refractivity contribution in [2.75, 3.05) is 6.61 Å². The molecule has 6 heteroatoms. The summed E-state index contributed by atoms with van der Waals surface area (Å²) in [6, 6.07) is 21.9. The van der Waals surface area contributed by atoms with E-state index in [4.69, 9.17) is 21.7 Å². The van der Waals surface area contributed by atoms with Crippen molar-refractivity contribution in [3.05, 3.63) is 77.3 Å². The van der Waals surface area contributed by atoms with Gasteiger partial charge in [-0.25, -0.2) is 0 Å². The molecule has 0 amide bonds. The normalized spacial score (nSPS) is 10.9. The van der Waals surface area contributed by atoms with Gasteiger partial charge in [0.05, 0.1) is 12.3 Å². The van der Waals surface area contributed by atoms with Crippen LogP contribution >= 0.6 is 12.2 Å². The van der Waals surface area contributed by atoms with Gasteiger partial charge in [0.1, 0.15) is 18.1 Å². The highest BCUT2D eigenvalue weighted by Gasteiger charge is 2.14. The van der Waals surface area contributed by atoms with Gasteiger partial charge in [0.25, 0.3) is 0 Å². The Labute approximate surface area is 162 Å². The molecule has 3 aromatic carbocycles. The van der Waals surface area contributed by atoms with Gasteiger partial charge in [-0.05, 0) is 42.7 Å². The lowest BCUT2D eigenvalue weighted by Crippen LogP contribution is -2.08. The number of nitrogens with one attached hydrogen (secondary N) is 1. The molecule has 0 bridgehead atoms. The van der Waals surface area contributed by atoms with Crippen LogP contribution in [-0.2, 0) is 6.61 Å². The summed E-state index contributed by atoms with van der Waals surface area (Å²) < 4.78 is 14.2. The Balaban J connectivity index is 1.68. The van der Waals surface area contributed by atoms with E-state index in [0.29, 0.717) is 17.2 Å². The van der Waals surface area contributed by atoms with E-state index in [2.05, 4.69) is 22.3 Å². The van der Waals surface area contributed by atoms with Gasteiger partial charge in [0.2, 0.25) is 0 Å². The molecule has 136 valence electrons. The van der Waals surface area contributed by atoms with Gasteiger partial charge in [-0.15, -0.1) is 0 Å². The van der Waals surface area contributed by atoms with Gasteiger partial charge in [0.15, 0.2) is 10.6 Å². The van der Waals surface area contributed by atoms with E-state index in [9.17, 15) is 0 Å². The maximum atomic E-state index is 6.09. The van der Waals surface area contributed by atoms with Crippen molar-refractivity contribution < 1.29 is 9.47 Å². The van der Waals surface area contributed by atoms with Crippen LogP contribution in [-0.4, -0.2) is 21.4 Å². The highest BCUT2D eigenvalue weighted by atomic mass is 32.1. The largest absolute Gasteiger partial charge is 0.492 e. The van der Waals surface area contributed by atoms with Gasteiger partial charge in [-0.3, -0.25) is 9.67 Å². The van der Waals surface area contributed by atoms with Crippen molar-refractivity contribution >= 4 is 23.0 Å². The monoisotopic (exact) mass is 377 g/mol. The molecular weight excluding hydrogens is 358 g/mol. The standard InChI is InChI=1S/C21H19N3O2S/c1-2-25-19-12-6-5-11-17(19)24-20(22-23-21(24)27)14-26-18-13-7-9-15-8-3-4-10-16(15)18/h3-13H,2,14H2,1H3,(H,23,27). The quantitative estimate of drug-likeness (QED) is 0.477. The Morgan fingerprint density at radius 3 is 2.56 bits per heavy atom. The molecule has 0 aliphatic heterocycles. The summed E-state index contributed by atoms with van der Waals surface area (Å²) in [4.78, 5) is 0. The number of fused-ring (bicyclic) bond motifs is 1. The number of aromatic amines is 1. The predicted molar refractivity (Wildman–Crippen MR) is 108 cm³/mol. The summed E-state index contributed by atoms with van der Waals surface area (Å²) in [5, 5.41) is 9.41. The summed E-state index contributed by atoms with van der Waals surface area (Å²) in [5.74, 6) is 2.25. The van der Waals surface area contributed by atoms with Gasteiger partial charge >= 0.3 is 0 Å². The lowest BCUT2D eigenvalue weighted by atomic mass is 10.1. The minimum Gasteiger partial charge on any atom is -0.492 e. The molecule has 0 spiro atoms.